The van der Waals surface area contributed by atoms with Crippen molar-refractivity contribution in [2.24, 2.45) is 17.8 Å². The number of aliphatic hydroxyl groups excluding tert-OH is 1. The normalized spacial score (nSPS) is 29.5. The van der Waals surface area contributed by atoms with E-state index in [1.807, 2.05) is 0 Å². The third kappa shape index (κ3) is 6.19. The van der Waals surface area contributed by atoms with Crippen molar-refractivity contribution in [2.75, 3.05) is 0 Å². The lowest BCUT2D eigenvalue weighted by atomic mass is 9.78. The first-order valence-electron chi connectivity index (χ1n) is 10.7. The van der Waals surface area contributed by atoms with Gasteiger partial charge in [-0.1, -0.05) is 25.8 Å². The fourth-order valence-electron chi connectivity index (χ4n) is 4.67. The Hall–Kier alpha value is -1.63. The molecule has 0 radical (unpaired) electrons. The molecule has 2 aliphatic carbocycles. The Balaban J connectivity index is 1.56. The van der Waals surface area contributed by atoms with Crippen LogP contribution in [0, 0.1) is 23.6 Å². The van der Waals surface area contributed by atoms with Crippen LogP contribution in [0.3, 0.4) is 0 Å². The van der Waals surface area contributed by atoms with Crippen molar-refractivity contribution in [1.29, 1.82) is 0 Å². The predicted octanol–water partition coefficient (Wildman–Crippen LogP) is 7.04. The molecule has 1 unspecified atom stereocenters. The topological polar surface area (TPSA) is 29.5 Å². The zero-order valence-electron chi connectivity index (χ0n) is 17.1. The summed E-state index contributed by atoms with van der Waals surface area (Å²) in [7, 11) is 0. The average Bonchev–Trinajstić information content (AvgIpc) is 2.67. The molecule has 2 aliphatic rings. The lowest BCUT2D eigenvalue weighted by Gasteiger charge is -2.30. The Morgan fingerprint density at radius 3 is 2.27 bits per heavy atom. The van der Waals surface area contributed by atoms with E-state index in [1.165, 1.54) is 6.07 Å². The van der Waals surface area contributed by atoms with E-state index in [0.717, 1.165) is 25.7 Å². The number of benzene rings is 1. The average molecular weight is 432 g/mol. The largest absolute Gasteiger partial charge is 0.465 e. The Morgan fingerprint density at radius 2 is 1.70 bits per heavy atom. The number of hydrogen-bond acceptors (Lipinski definition) is 2. The van der Waals surface area contributed by atoms with Crippen LogP contribution in [0.5, 0.6) is 5.75 Å². The van der Waals surface area contributed by atoms with E-state index in [-0.39, 0.29) is 36.5 Å². The van der Waals surface area contributed by atoms with E-state index in [9.17, 15) is 27.1 Å². The molecule has 0 spiro atoms. The molecule has 168 valence electrons. The first kappa shape index (κ1) is 23.0. The Labute approximate surface area is 174 Å². The maximum Gasteiger partial charge on any atom is 0.412 e. The summed E-state index contributed by atoms with van der Waals surface area (Å²) in [6, 6.07) is 4.47. The molecule has 3 rings (SSSR count). The van der Waals surface area contributed by atoms with Gasteiger partial charge in [0, 0.05) is 17.9 Å². The first-order chi connectivity index (χ1) is 14.1. The maximum absolute atomic E-state index is 14.7. The van der Waals surface area contributed by atoms with Gasteiger partial charge in [-0.25, -0.2) is 8.78 Å². The van der Waals surface area contributed by atoms with Gasteiger partial charge in [0.1, 0.15) is 17.4 Å². The van der Waals surface area contributed by atoms with E-state index in [2.05, 4.69) is 6.92 Å². The fraction of sp³-hybridized carbons (Fsp3) is 0.652. The molecular formula is C23H29F5O2. The highest BCUT2D eigenvalue weighted by Crippen LogP contribution is 2.41. The molecule has 0 bridgehead atoms. The molecule has 0 heterocycles. The van der Waals surface area contributed by atoms with Crippen LogP contribution in [0.25, 0.3) is 0 Å². The van der Waals surface area contributed by atoms with Gasteiger partial charge in [-0.05, 0) is 62.0 Å². The smallest absolute Gasteiger partial charge is 0.412 e. The van der Waals surface area contributed by atoms with E-state index in [0.29, 0.717) is 24.3 Å². The van der Waals surface area contributed by atoms with Gasteiger partial charge in [0.25, 0.3) is 0 Å². The minimum Gasteiger partial charge on any atom is -0.465 e. The molecule has 0 saturated heterocycles. The molecule has 0 aliphatic heterocycles. The van der Waals surface area contributed by atoms with Crippen LogP contribution in [-0.2, 0) is 0 Å². The third-order valence-electron chi connectivity index (χ3n) is 6.55. The number of aliphatic hydroxyl groups is 1. The van der Waals surface area contributed by atoms with Gasteiger partial charge in [0.2, 0.25) is 0 Å². The second kappa shape index (κ2) is 9.67. The second-order valence-corrected chi connectivity index (χ2v) is 8.83. The molecule has 0 amide bonds. The summed E-state index contributed by atoms with van der Waals surface area (Å²) >= 11 is 0. The van der Waals surface area contributed by atoms with Crippen LogP contribution in [-0.4, -0.2) is 17.6 Å². The molecule has 2 saturated carbocycles. The molecule has 0 aromatic heterocycles. The van der Waals surface area contributed by atoms with E-state index in [4.69, 9.17) is 4.74 Å². The highest BCUT2D eigenvalue weighted by atomic mass is 19.4. The number of ether oxygens (including phenoxy) is 1. The number of rotatable bonds is 5. The molecule has 1 atom stereocenters. The quantitative estimate of drug-likeness (QED) is 0.399. The van der Waals surface area contributed by atoms with Gasteiger partial charge < -0.3 is 9.84 Å². The van der Waals surface area contributed by atoms with Crippen molar-refractivity contribution in [3.8, 4) is 5.75 Å². The van der Waals surface area contributed by atoms with E-state index in [1.54, 1.807) is 12.1 Å². The molecular weight excluding hydrogens is 403 g/mol. The fourth-order valence-corrected chi connectivity index (χ4v) is 4.67. The van der Waals surface area contributed by atoms with Gasteiger partial charge >= 0.3 is 6.18 Å². The van der Waals surface area contributed by atoms with E-state index >= 15 is 0 Å². The molecule has 2 fully saturated rings. The SMILES string of the molecule is CC1CCC(C(O)Oc2ccc(C3CCC(/C(F)=C/C(F)(F)F)CC3)c(F)c2)CC1. The zero-order valence-corrected chi connectivity index (χ0v) is 17.1. The number of hydrogen-bond donors (Lipinski definition) is 1. The summed E-state index contributed by atoms with van der Waals surface area (Å²) in [5.41, 5.74) is 0.460. The lowest BCUT2D eigenvalue weighted by molar-refractivity contribution is -0.0821. The maximum atomic E-state index is 14.7. The van der Waals surface area contributed by atoms with Crippen LogP contribution >= 0.6 is 0 Å². The van der Waals surface area contributed by atoms with Gasteiger partial charge in [-0.15, -0.1) is 0 Å². The Morgan fingerprint density at radius 1 is 1.07 bits per heavy atom. The summed E-state index contributed by atoms with van der Waals surface area (Å²) in [6.07, 6.45) is -0.725. The number of halogens is 5. The summed E-state index contributed by atoms with van der Waals surface area (Å²) in [5.74, 6) is -1.59. The van der Waals surface area contributed by atoms with Crippen LogP contribution in [0.4, 0.5) is 22.0 Å². The summed E-state index contributed by atoms with van der Waals surface area (Å²) in [4.78, 5) is 0. The van der Waals surface area contributed by atoms with Gasteiger partial charge in [0.05, 0.1) is 6.08 Å². The molecule has 1 N–H and O–H groups in total. The first-order valence-corrected chi connectivity index (χ1v) is 10.7. The summed E-state index contributed by atoms with van der Waals surface area (Å²) in [5, 5.41) is 10.3. The lowest BCUT2D eigenvalue weighted by Crippen LogP contribution is -2.29. The van der Waals surface area contributed by atoms with Crippen molar-refractivity contribution in [1.82, 2.24) is 0 Å². The van der Waals surface area contributed by atoms with Crippen LogP contribution in [0.15, 0.2) is 30.1 Å². The molecule has 1 aromatic rings. The molecule has 30 heavy (non-hydrogen) atoms. The highest BCUT2D eigenvalue weighted by molar-refractivity contribution is 5.31. The minimum absolute atomic E-state index is 0.0406. The third-order valence-corrected chi connectivity index (χ3v) is 6.55. The van der Waals surface area contributed by atoms with Crippen LogP contribution in [0.2, 0.25) is 0 Å². The Kier molecular flexibility index (Phi) is 7.43. The summed E-state index contributed by atoms with van der Waals surface area (Å²) < 4.78 is 71.0. The van der Waals surface area contributed by atoms with Crippen molar-refractivity contribution in [3.63, 3.8) is 0 Å². The monoisotopic (exact) mass is 432 g/mol. The number of allylic oxidation sites excluding steroid dienone is 2. The second-order valence-electron chi connectivity index (χ2n) is 8.83. The molecule has 1 aromatic carbocycles. The Bertz CT molecular complexity index is 730. The van der Waals surface area contributed by atoms with Crippen molar-refractivity contribution in [3.05, 3.63) is 41.5 Å². The van der Waals surface area contributed by atoms with Gasteiger partial charge in [-0.2, -0.15) is 13.2 Å². The van der Waals surface area contributed by atoms with Crippen LogP contribution < -0.4 is 4.74 Å². The van der Waals surface area contributed by atoms with Crippen molar-refractivity contribution < 1.29 is 31.8 Å². The van der Waals surface area contributed by atoms with Crippen molar-refractivity contribution >= 4 is 0 Å². The van der Waals surface area contributed by atoms with Gasteiger partial charge in [0.15, 0.2) is 6.29 Å². The highest BCUT2D eigenvalue weighted by Gasteiger charge is 2.31. The van der Waals surface area contributed by atoms with Gasteiger partial charge in [-0.3, -0.25) is 0 Å². The predicted molar refractivity (Wildman–Crippen MR) is 104 cm³/mol. The molecule has 7 heteroatoms. The molecule has 2 nitrogen and oxygen atoms in total. The van der Waals surface area contributed by atoms with Crippen LogP contribution in [0.1, 0.15) is 69.8 Å². The van der Waals surface area contributed by atoms with E-state index < -0.39 is 30.0 Å². The zero-order chi connectivity index (χ0) is 21.9. The standard InChI is InChI=1S/C23H29F5O2/c1-14-2-4-17(5-3-14)22(29)30-18-10-11-19(20(24)12-18)15-6-8-16(9-7-15)21(25)13-23(26,27)28/h10-17,22,29H,2-9H2,1H3/b21-13-. The number of alkyl halides is 3. The minimum atomic E-state index is -4.66. The van der Waals surface area contributed by atoms with Crippen molar-refractivity contribution in [2.45, 2.75) is 76.7 Å². The summed E-state index contributed by atoms with van der Waals surface area (Å²) in [6.45, 7) is 2.19.